The van der Waals surface area contributed by atoms with Crippen molar-refractivity contribution in [1.82, 2.24) is 9.55 Å². The van der Waals surface area contributed by atoms with Crippen LogP contribution in [0.1, 0.15) is 6.23 Å². The van der Waals surface area contributed by atoms with Crippen molar-refractivity contribution in [2.45, 2.75) is 29.7 Å². The number of aliphatic hydroxyl groups excluding tert-OH is 2. The zero-order chi connectivity index (χ0) is 22.2. The Kier molecular flexibility index (Phi) is 20.4. The predicted molar refractivity (Wildman–Crippen MR) is 83.2 cm³/mol. The van der Waals surface area contributed by atoms with Gasteiger partial charge in [-0.1, -0.05) is 0 Å². The van der Waals surface area contributed by atoms with Gasteiger partial charge >= 0.3 is 126 Å². The summed E-state index contributed by atoms with van der Waals surface area (Å²) in [7, 11) is -17.7. The molecule has 0 aromatic carbocycles. The second-order valence-electron chi connectivity index (χ2n) is 5.32. The van der Waals surface area contributed by atoms with Crippen molar-refractivity contribution < 1.29 is 180 Å². The Hall–Kier alpha value is 3.39. The number of hydrogen-bond acceptors (Lipinski definition) is 15. The standard InChI is InChI=1S/C9H15N2O14P3S.4Na/c12-5-1-2-11(9(29)10-5)8-7(14)6(13)4(23-8)3-22-27(18,19)25-28(20,21)24-26(15,16)17;;;;/h1-2,4,6-8,13-14H,3H2,(H,18,19)(H,20,21)(H,10,12,29)(H2,15,16,17);;;;/q;4*+1/p-4/t4-,6-,7-,8-;;;;/m1..../s1. The first-order valence-corrected chi connectivity index (χ1v) is 11.9. The average Bonchev–Trinajstić information content (AvgIpc) is 2.78. The molecule has 33 heavy (non-hydrogen) atoms. The third kappa shape index (κ3) is 13.3. The number of aromatic nitrogens is 2. The first-order valence-electron chi connectivity index (χ1n) is 7.11. The number of rotatable bonds is 8. The van der Waals surface area contributed by atoms with Crippen molar-refractivity contribution in [1.29, 1.82) is 0 Å². The van der Waals surface area contributed by atoms with Gasteiger partial charge in [-0.3, -0.25) is 13.7 Å². The van der Waals surface area contributed by atoms with Crippen LogP contribution in [0.15, 0.2) is 22.2 Å². The van der Waals surface area contributed by atoms with Crippen LogP contribution in [0.3, 0.4) is 0 Å². The van der Waals surface area contributed by atoms with Crippen molar-refractivity contribution in [2.24, 2.45) is 0 Å². The fourth-order valence-corrected chi connectivity index (χ4v) is 5.33. The number of aliphatic hydroxyl groups is 2. The Morgan fingerprint density at radius 2 is 1.64 bits per heavy atom. The molecule has 0 bridgehead atoms. The molecule has 24 heteroatoms. The van der Waals surface area contributed by atoms with Gasteiger partial charge in [0.1, 0.15) is 18.3 Å². The summed E-state index contributed by atoms with van der Waals surface area (Å²) in [6, 6.07) is 0.977. The summed E-state index contributed by atoms with van der Waals surface area (Å²) in [5.74, 6) is 0. The fraction of sp³-hybridized carbons (Fsp3) is 0.556. The minimum atomic E-state index is -6.07. The summed E-state index contributed by atoms with van der Waals surface area (Å²) < 4.78 is 50.0. The summed E-state index contributed by atoms with van der Waals surface area (Å²) in [5, 5.41) is 19.7. The molecule has 6 atom stereocenters. The first-order chi connectivity index (χ1) is 13.1. The molecule has 1 aromatic rings. The monoisotopic (exact) mass is 588 g/mol. The number of phosphoric acid groups is 3. The number of hydrogen-bond donors (Lipinski definition) is 3. The Morgan fingerprint density at radius 3 is 2.12 bits per heavy atom. The molecule has 1 aromatic heterocycles. The minimum absolute atomic E-state index is 0. The number of phosphoric ester groups is 1. The second-order valence-corrected chi connectivity index (χ2v) is 9.98. The number of ether oxygens (including phenoxy) is 1. The molecule has 2 rings (SSSR count). The van der Waals surface area contributed by atoms with E-state index in [1.807, 2.05) is 0 Å². The van der Waals surface area contributed by atoms with Gasteiger partial charge in [0, 0.05) is 12.3 Å². The van der Waals surface area contributed by atoms with Crippen LogP contribution in [0.5, 0.6) is 0 Å². The van der Waals surface area contributed by atoms with Crippen molar-refractivity contribution in [2.75, 3.05) is 6.61 Å². The third-order valence-corrected chi connectivity index (χ3v) is 7.24. The van der Waals surface area contributed by atoms with Crippen LogP contribution in [0.25, 0.3) is 0 Å². The molecule has 0 radical (unpaired) electrons. The topological polar surface area (TPSA) is 253 Å². The average molecular weight is 588 g/mol. The van der Waals surface area contributed by atoms with Gasteiger partial charge < -0.3 is 60.8 Å². The van der Waals surface area contributed by atoms with Gasteiger partial charge in [-0.2, -0.15) is 0 Å². The van der Waals surface area contributed by atoms with E-state index >= 15 is 0 Å². The Balaban J connectivity index is -0.00000225. The molecular weight excluding hydrogens is 577 g/mol. The van der Waals surface area contributed by atoms with E-state index in [0.29, 0.717) is 0 Å². The van der Waals surface area contributed by atoms with Crippen LogP contribution in [0, 0.1) is 0 Å². The molecule has 166 valence electrons. The summed E-state index contributed by atoms with van der Waals surface area (Å²) in [5.41, 5.74) is -0.681. The van der Waals surface area contributed by atoms with Gasteiger partial charge in [0.2, 0.25) is 0 Å². The largest absolute Gasteiger partial charge is 1.00 e. The third-order valence-electron chi connectivity index (χ3n) is 3.22. The van der Waals surface area contributed by atoms with Crippen LogP contribution in [0.4, 0.5) is 0 Å². The molecular formula is C9H11N2Na4O14P3S. The molecule has 2 heterocycles. The molecule has 3 N–H and O–H groups in total. The molecule has 0 saturated carbocycles. The molecule has 1 aliphatic rings. The Bertz CT molecular complexity index is 966. The van der Waals surface area contributed by atoms with Crippen LogP contribution in [-0.2, 0) is 44.2 Å². The Labute approximate surface area is 280 Å². The van der Waals surface area contributed by atoms with E-state index in [2.05, 4.69) is 18.1 Å². The fourth-order valence-electron chi connectivity index (χ4n) is 2.14. The molecule has 0 spiro atoms. The molecule has 0 amide bonds. The van der Waals surface area contributed by atoms with Gasteiger partial charge in [-0.05, 0) is 5.16 Å². The van der Waals surface area contributed by atoms with E-state index in [9.17, 15) is 43.4 Å². The maximum absolute atomic E-state index is 11.5. The van der Waals surface area contributed by atoms with Crippen LogP contribution in [-0.4, -0.2) is 49.6 Å². The quantitative estimate of drug-likeness (QED) is 0.110. The van der Waals surface area contributed by atoms with Gasteiger partial charge in [0.15, 0.2) is 6.23 Å². The molecule has 1 aliphatic heterocycles. The zero-order valence-corrected chi connectivity index (χ0v) is 29.1. The van der Waals surface area contributed by atoms with Crippen molar-refractivity contribution in [3.05, 3.63) is 22.6 Å². The Morgan fingerprint density at radius 1 is 1.09 bits per heavy atom. The maximum Gasteiger partial charge on any atom is 1.00 e. The molecule has 16 nitrogen and oxygen atoms in total. The maximum atomic E-state index is 11.5. The van der Waals surface area contributed by atoms with Crippen LogP contribution >= 0.6 is 23.5 Å². The molecule has 0 aliphatic carbocycles. The van der Waals surface area contributed by atoms with E-state index in [0.717, 1.165) is 16.8 Å². The molecule has 1 fully saturated rings. The summed E-state index contributed by atoms with van der Waals surface area (Å²) in [6.07, 6.45) is -5.29. The molecule has 1 saturated heterocycles. The van der Waals surface area contributed by atoms with E-state index in [4.69, 9.17) is 22.3 Å². The minimum Gasteiger partial charge on any atom is -0.789 e. The van der Waals surface area contributed by atoms with Crippen LogP contribution in [0.2, 0.25) is 0 Å². The van der Waals surface area contributed by atoms with Gasteiger partial charge in [-0.25, -0.2) is 13.9 Å². The van der Waals surface area contributed by atoms with Gasteiger partial charge in [-0.15, -0.1) is 0 Å². The van der Waals surface area contributed by atoms with Crippen molar-refractivity contribution in [3.8, 4) is 0 Å². The first kappa shape index (κ1) is 40.9. The summed E-state index contributed by atoms with van der Waals surface area (Å²) in [6.45, 7) is -1.08. The van der Waals surface area contributed by atoms with Gasteiger partial charge in [0.05, 0.1) is 14.4 Å². The normalized spacial score (nSPS) is 25.8. The van der Waals surface area contributed by atoms with Gasteiger partial charge in [0.25, 0.3) is 13.4 Å². The summed E-state index contributed by atoms with van der Waals surface area (Å²) in [4.78, 5) is 55.6. The SMILES string of the molecule is O=c1ccn([C@@H]2O[C@H](COP(=O)([O-])OP(=O)(O)OP(=O)([O-])[O-])[C@@H](O)[C@H]2O)c([S-])n1.[Na+].[Na+].[Na+].[Na+]. The van der Waals surface area contributed by atoms with E-state index in [-0.39, 0.29) is 123 Å². The van der Waals surface area contributed by atoms with E-state index in [1.165, 1.54) is 0 Å². The predicted octanol–water partition coefficient (Wildman–Crippen LogP) is -15.8. The summed E-state index contributed by atoms with van der Waals surface area (Å²) >= 11 is 4.82. The zero-order valence-electron chi connectivity index (χ0n) is 17.6. The van der Waals surface area contributed by atoms with Crippen LogP contribution < -0.4 is 138 Å². The smallest absolute Gasteiger partial charge is 0.789 e. The van der Waals surface area contributed by atoms with Crippen molar-refractivity contribution >= 4 is 36.1 Å². The second kappa shape index (κ2) is 16.5. The van der Waals surface area contributed by atoms with Crippen molar-refractivity contribution in [3.63, 3.8) is 0 Å². The molecule has 2 unspecified atom stereocenters. The van der Waals surface area contributed by atoms with E-state index < -0.39 is 60.2 Å². The van der Waals surface area contributed by atoms with E-state index in [1.54, 1.807) is 0 Å². The number of nitrogens with zero attached hydrogens (tertiary/aromatic N) is 2.